The monoisotopic (exact) mass is 453 g/mol. The second kappa shape index (κ2) is 9.27. The van der Waals surface area contributed by atoms with Gasteiger partial charge in [0.1, 0.15) is 23.3 Å². The molecule has 1 aromatic carbocycles. The van der Waals surface area contributed by atoms with Gasteiger partial charge in [0.25, 0.3) is 5.91 Å². The number of carbonyl (C=O) groups is 3. The Hall–Kier alpha value is -4.24. The van der Waals surface area contributed by atoms with Gasteiger partial charge in [-0.3, -0.25) is 14.4 Å². The lowest BCUT2D eigenvalue weighted by atomic mass is 10.2. The van der Waals surface area contributed by atoms with Crippen LogP contribution in [-0.4, -0.2) is 40.3 Å². The normalized spacial score (nSPS) is 11.4. The summed E-state index contributed by atoms with van der Waals surface area (Å²) in [6.07, 6.45) is 0. The van der Waals surface area contributed by atoms with Crippen LogP contribution in [0.4, 0.5) is 16.6 Å². The minimum Gasteiger partial charge on any atom is -0.382 e. The number of benzene rings is 1. The predicted octanol–water partition coefficient (Wildman–Crippen LogP) is 1.52. The zero-order valence-electron chi connectivity index (χ0n) is 17.2. The molecule has 0 saturated heterocycles. The summed E-state index contributed by atoms with van der Waals surface area (Å²) >= 11 is 0.948. The first kappa shape index (κ1) is 22.4. The van der Waals surface area contributed by atoms with E-state index >= 15 is 0 Å². The van der Waals surface area contributed by atoms with Crippen LogP contribution in [0, 0.1) is 18.3 Å². The van der Waals surface area contributed by atoms with Crippen LogP contribution in [0.5, 0.6) is 0 Å². The Morgan fingerprint density at radius 1 is 1.31 bits per heavy atom. The van der Waals surface area contributed by atoms with Crippen molar-refractivity contribution in [1.29, 1.82) is 5.26 Å². The summed E-state index contributed by atoms with van der Waals surface area (Å²) in [5, 5.41) is 14.7. The van der Waals surface area contributed by atoms with Gasteiger partial charge in [-0.25, -0.2) is 4.98 Å². The molecule has 0 radical (unpaired) electrons. The maximum Gasteiger partial charge on any atom is 0.274 e. The number of nitriles is 1. The molecule has 2 aromatic heterocycles. The van der Waals surface area contributed by atoms with Gasteiger partial charge in [0, 0.05) is 11.8 Å². The van der Waals surface area contributed by atoms with Gasteiger partial charge in [-0.2, -0.15) is 5.26 Å². The number of hydrogen-bond donors (Lipinski definition) is 3. The second-order valence-electron chi connectivity index (χ2n) is 6.74. The van der Waals surface area contributed by atoms with Crippen LogP contribution in [0.25, 0.3) is 0 Å². The van der Waals surface area contributed by atoms with E-state index in [2.05, 4.69) is 15.5 Å². The molecule has 0 aliphatic carbocycles. The second-order valence-corrected chi connectivity index (χ2v) is 7.72. The Bertz CT molecular complexity index is 1210. The summed E-state index contributed by atoms with van der Waals surface area (Å²) < 4.78 is 4.98. The molecular weight excluding hydrogens is 434 g/mol. The van der Waals surface area contributed by atoms with E-state index in [1.165, 1.54) is 0 Å². The van der Waals surface area contributed by atoms with Crippen molar-refractivity contribution in [3.8, 4) is 6.07 Å². The molecule has 164 valence electrons. The molecule has 0 saturated carbocycles. The largest absolute Gasteiger partial charge is 0.382 e. The number of carbonyl (C=O) groups excluding carboxylic acids is 3. The van der Waals surface area contributed by atoms with E-state index in [0.29, 0.717) is 5.69 Å². The minimum absolute atomic E-state index is 0.0499. The van der Waals surface area contributed by atoms with Gasteiger partial charge in [0.05, 0.1) is 6.07 Å². The molecule has 1 atom stereocenters. The van der Waals surface area contributed by atoms with E-state index < -0.39 is 23.6 Å². The number of nitrogens with one attached hydrogen (secondary N) is 1. The van der Waals surface area contributed by atoms with E-state index in [4.69, 9.17) is 21.3 Å². The minimum atomic E-state index is -0.771. The Kier molecular flexibility index (Phi) is 6.50. The fourth-order valence-corrected chi connectivity index (χ4v) is 3.76. The third kappa shape index (κ3) is 4.57. The number of nitrogens with two attached hydrogens (primary N) is 2. The van der Waals surface area contributed by atoms with Crippen LogP contribution < -0.4 is 21.7 Å². The van der Waals surface area contributed by atoms with Crippen molar-refractivity contribution >= 4 is 45.6 Å². The summed E-state index contributed by atoms with van der Waals surface area (Å²) in [5.74, 6) is -2.17. The molecule has 0 aliphatic rings. The summed E-state index contributed by atoms with van der Waals surface area (Å²) in [6.45, 7) is 3.33. The molecule has 0 bridgehead atoms. The van der Waals surface area contributed by atoms with Crippen molar-refractivity contribution in [1.82, 2.24) is 15.5 Å². The van der Waals surface area contributed by atoms with Crippen molar-refractivity contribution in [2.24, 2.45) is 5.73 Å². The van der Waals surface area contributed by atoms with Gasteiger partial charge in [0.2, 0.25) is 17.5 Å². The number of amides is 2. The molecule has 32 heavy (non-hydrogen) atoms. The number of thiazole rings is 1. The van der Waals surface area contributed by atoms with Crippen LogP contribution in [0.1, 0.15) is 38.4 Å². The number of aryl methyl sites for hydroxylation is 1. The molecule has 11 nitrogen and oxygen atoms in total. The van der Waals surface area contributed by atoms with Gasteiger partial charge in [-0.15, -0.1) is 0 Å². The van der Waals surface area contributed by atoms with Gasteiger partial charge in [-0.05, 0) is 26.0 Å². The first-order valence-corrected chi connectivity index (χ1v) is 10.1. The van der Waals surface area contributed by atoms with E-state index in [9.17, 15) is 14.4 Å². The van der Waals surface area contributed by atoms with E-state index in [1.807, 2.05) is 19.1 Å². The highest BCUT2D eigenvalue weighted by molar-refractivity contribution is 7.18. The zero-order chi connectivity index (χ0) is 23.4. The topological polar surface area (TPSA) is 181 Å². The molecular formula is C20H19N7O4S. The van der Waals surface area contributed by atoms with Gasteiger partial charge in [0.15, 0.2) is 10.8 Å². The SMILES string of the molecule is Cc1ccc(N(c2nc(N)c(C(=O)c3cc(C(=O)NCC#N)no3)s2)C(C)C(N)=O)cc1. The number of aromatic nitrogens is 2. The third-order valence-electron chi connectivity index (χ3n) is 4.46. The van der Waals surface area contributed by atoms with Gasteiger partial charge < -0.3 is 26.2 Å². The average molecular weight is 453 g/mol. The molecule has 1 unspecified atom stereocenters. The van der Waals surface area contributed by atoms with Crippen LogP contribution in [0.2, 0.25) is 0 Å². The average Bonchev–Trinajstić information content (AvgIpc) is 3.40. The smallest absolute Gasteiger partial charge is 0.274 e. The number of rotatable bonds is 8. The maximum absolute atomic E-state index is 12.9. The first-order chi connectivity index (χ1) is 15.2. The van der Waals surface area contributed by atoms with Crippen molar-refractivity contribution in [3.63, 3.8) is 0 Å². The Balaban J connectivity index is 1.94. The Labute approximate surface area is 186 Å². The number of primary amides is 1. The molecule has 2 amide bonds. The van der Waals surface area contributed by atoms with Crippen molar-refractivity contribution in [2.75, 3.05) is 17.2 Å². The van der Waals surface area contributed by atoms with Gasteiger partial charge >= 0.3 is 0 Å². The van der Waals surface area contributed by atoms with E-state index in [-0.39, 0.29) is 33.8 Å². The van der Waals surface area contributed by atoms with Crippen LogP contribution >= 0.6 is 11.3 Å². The molecule has 2 heterocycles. The number of nitrogen functional groups attached to an aromatic ring is 1. The molecule has 5 N–H and O–H groups in total. The third-order valence-corrected chi connectivity index (χ3v) is 5.53. The zero-order valence-corrected chi connectivity index (χ0v) is 18.0. The van der Waals surface area contributed by atoms with Crippen molar-refractivity contribution < 1.29 is 18.9 Å². The highest BCUT2D eigenvalue weighted by atomic mass is 32.1. The summed E-state index contributed by atoms with van der Waals surface area (Å²) in [6, 6.07) is 9.48. The van der Waals surface area contributed by atoms with E-state index in [0.717, 1.165) is 23.0 Å². The standard InChI is InChI=1S/C20H19N7O4S/c1-10-3-5-12(6-4-10)27(11(2)18(23)29)20-25-17(22)16(32-20)15(28)14-9-13(26-31-14)19(30)24-8-7-21/h3-6,9,11H,8,22H2,1-2H3,(H2,23,29)(H,24,30). The highest BCUT2D eigenvalue weighted by Crippen LogP contribution is 2.36. The fourth-order valence-electron chi connectivity index (χ4n) is 2.73. The predicted molar refractivity (Wildman–Crippen MR) is 116 cm³/mol. The van der Waals surface area contributed by atoms with Crippen molar-refractivity contribution in [2.45, 2.75) is 19.9 Å². The molecule has 12 heteroatoms. The summed E-state index contributed by atoms with van der Waals surface area (Å²) in [4.78, 5) is 42.6. The molecule has 3 rings (SSSR count). The fraction of sp³-hybridized carbons (Fsp3) is 0.200. The lowest BCUT2D eigenvalue weighted by Crippen LogP contribution is -2.39. The summed E-state index contributed by atoms with van der Waals surface area (Å²) in [7, 11) is 0. The number of anilines is 3. The van der Waals surface area contributed by atoms with Crippen LogP contribution in [0.15, 0.2) is 34.9 Å². The molecule has 0 spiro atoms. The van der Waals surface area contributed by atoms with E-state index in [1.54, 1.807) is 30.0 Å². The highest BCUT2D eigenvalue weighted by Gasteiger charge is 2.29. The molecule has 3 aromatic rings. The number of nitrogens with zero attached hydrogens (tertiary/aromatic N) is 4. The maximum atomic E-state index is 12.9. The quantitative estimate of drug-likeness (QED) is 0.336. The van der Waals surface area contributed by atoms with Gasteiger partial charge in [-0.1, -0.05) is 34.2 Å². The molecule has 0 fully saturated rings. The lowest BCUT2D eigenvalue weighted by Gasteiger charge is -2.26. The Morgan fingerprint density at radius 2 is 2.00 bits per heavy atom. The van der Waals surface area contributed by atoms with Crippen LogP contribution in [0.3, 0.4) is 0 Å². The molecule has 0 aliphatic heterocycles. The number of ketones is 1. The van der Waals surface area contributed by atoms with Crippen LogP contribution in [-0.2, 0) is 4.79 Å². The Morgan fingerprint density at radius 3 is 2.62 bits per heavy atom. The summed E-state index contributed by atoms with van der Waals surface area (Å²) in [5.41, 5.74) is 13.0. The van der Waals surface area contributed by atoms with Crippen molar-refractivity contribution in [3.05, 3.63) is 52.2 Å². The first-order valence-electron chi connectivity index (χ1n) is 9.31. The number of hydrogen-bond acceptors (Lipinski definition) is 10. The lowest BCUT2D eigenvalue weighted by molar-refractivity contribution is -0.118.